The first-order chi connectivity index (χ1) is 7.25. The second kappa shape index (κ2) is 6.17. The standard InChI is InChI=1S/C12H15FNO/c1-2-3-6-9-14-12(15)10-7-4-5-8-11(10)13/h4-5,7-8H,1-3,6,9H2,(H,14,15). The normalized spacial score (nSPS) is 10.0. The lowest BCUT2D eigenvalue weighted by Gasteiger charge is -2.05. The predicted molar refractivity (Wildman–Crippen MR) is 57.9 cm³/mol. The maximum atomic E-state index is 13.1. The van der Waals surface area contributed by atoms with Crippen molar-refractivity contribution in [1.29, 1.82) is 0 Å². The van der Waals surface area contributed by atoms with Crippen LogP contribution in [-0.2, 0) is 0 Å². The summed E-state index contributed by atoms with van der Waals surface area (Å²) in [6, 6.07) is 5.97. The summed E-state index contributed by atoms with van der Waals surface area (Å²) in [4.78, 5) is 11.5. The number of halogens is 1. The molecule has 15 heavy (non-hydrogen) atoms. The Hall–Kier alpha value is -1.38. The zero-order valence-electron chi connectivity index (χ0n) is 8.63. The molecule has 1 aromatic rings. The lowest BCUT2D eigenvalue weighted by atomic mass is 10.2. The molecule has 0 unspecified atom stereocenters. The third kappa shape index (κ3) is 3.70. The van der Waals surface area contributed by atoms with Crippen molar-refractivity contribution in [3.63, 3.8) is 0 Å². The van der Waals surface area contributed by atoms with Crippen LogP contribution in [0.4, 0.5) is 4.39 Å². The Morgan fingerprint density at radius 1 is 1.33 bits per heavy atom. The van der Waals surface area contributed by atoms with Crippen LogP contribution >= 0.6 is 0 Å². The van der Waals surface area contributed by atoms with Gasteiger partial charge in [0.1, 0.15) is 5.82 Å². The van der Waals surface area contributed by atoms with E-state index in [1.54, 1.807) is 12.1 Å². The first-order valence-electron chi connectivity index (χ1n) is 5.07. The van der Waals surface area contributed by atoms with E-state index in [1.807, 2.05) is 0 Å². The lowest BCUT2D eigenvalue weighted by molar-refractivity contribution is 0.0949. The molecule has 0 saturated heterocycles. The number of carbonyl (C=O) groups excluding carboxylic acids is 1. The molecule has 1 amide bonds. The Morgan fingerprint density at radius 2 is 2.07 bits per heavy atom. The van der Waals surface area contributed by atoms with Gasteiger partial charge in [-0.2, -0.15) is 0 Å². The second-order valence-corrected chi connectivity index (χ2v) is 3.30. The Bertz CT molecular complexity index is 325. The zero-order chi connectivity index (χ0) is 11.1. The predicted octanol–water partition coefficient (Wildman–Crippen LogP) is 2.56. The molecule has 0 aliphatic carbocycles. The van der Waals surface area contributed by atoms with Crippen molar-refractivity contribution in [2.75, 3.05) is 6.54 Å². The highest BCUT2D eigenvalue weighted by molar-refractivity contribution is 5.94. The number of nitrogens with one attached hydrogen (secondary N) is 1. The van der Waals surface area contributed by atoms with Crippen molar-refractivity contribution < 1.29 is 9.18 Å². The van der Waals surface area contributed by atoms with Crippen molar-refractivity contribution in [1.82, 2.24) is 5.32 Å². The van der Waals surface area contributed by atoms with Crippen molar-refractivity contribution in [3.8, 4) is 0 Å². The Morgan fingerprint density at radius 3 is 2.73 bits per heavy atom. The van der Waals surface area contributed by atoms with Gasteiger partial charge in [-0.05, 0) is 18.6 Å². The summed E-state index contributed by atoms with van der Waals surface area (Å²) in [6.07, 6.45) is 2.71. The van der Waals surface area contributed by atoms with Crippen LogP contribution in [0.1, 0.15) is 29.6 Å². The van der Waals surface area contributed by atoms with Crippen molar-refractivity contribution in [2.45, 2.75) is 19.3 Å². The highest BCUT2D eigenvalue weighted by atomic mass is 19.1. The highest BCUT2D eigenvalue weighted by Gasteiger charge is 2.08. The number of unbranched alkanes of at least 4 members (excludes halogenated alkanes) is 2. The van der Waals surface area contributed by atoms with E-state index >= 15 is 0 Å². The summed E-state index contributed by atoms with van der Waals surface area (Å²) in [6.45, 7) is 4.27. The van der Waals surface area contributed by atoms with Gasteiger partial charge in [-0.1, -0.05) is 31.9 Å². The van der Waals surface area contributed by atoms with Gasteiger partial charge >= 0.3 is 0 Å². The van der Waals surface area contributed by atoms with E-state index in [-0.39, 0.29) is 11.5 Å². The summed E-state index contributed by atoms with van der Waals surface area (Å²) in [7, 11) is 0. The highest BCUT2D eigenvalue weighted by Crippen LogP contribution is 2.05. The van der Waals surface area contributed by atoms with Gasteiger partial charge in [0.2, 0.25) is 0 Å². The van der Waals surface area contributed by atoms with Crippen LogP contribution < -0.4 is 5.32 Å². The molecule has 0 heterocycles. The number of hydrogen-bond donors (Lipinski definition) is 1. The first kappa shape index (κ1) is 11.7. The molecular formula is C12H15FNO. The van der Waals surface area contributed by atoms with Crippen LogP contribution in [0, 0.1) is 12.7 Å². The van der Waals surface area contributed by atoms with Gasteiger partial charge in [0, 0.05) is 6.54 Å². The maximum Gasteiger partial charge on any atom is 0.254 e. The smallest absolute Gasteiger partial charge is 0.254 e. The molecule has 0 aliphatic rings. The summed E-state index contributed by atoms with van der Waals surface area (Å²) < 4.78 is 13.1. The minimum absolute atomic E-state index is 0.104. The van der Waals surface area contributed by atoms with Crippen molar-refractivity contribution >= 4 is 5.91 Å². The summed E-state index contributed by atoms with van der Waals surface area (Å²) >= 11 is 0. The first-order valence-corrected chi connectivity index (χ1v) is 5.07. The van der Waals surface area contributed by atoms with Crippen LogP contribution in [0.5, 0.6) is 0 Å². The van der Waals surface area contributed by atoms with Gasteiger partial charge < -0.3 is 5.32 Å². The minimum Gasteiger partial charge on any atom is -0.352 e. The molecule has 0 saturated carbocycles. The third-order valence-corrected chi connectivity index (χ3v) is 2.08. The zero-order valence-corrected chi connectivity index (χ0v) is 8.63. The van der Waals surface area contributed by atoms with Crippen molar-refractivity contribution in [3.05, 3.63) is 42.6 Å². The molecule has 1 rings (SSSR count). The maximum absolute atomic E-state index is 13.1. The number of amides is 1. The Labute approximate surface area is 89.5 Å². The van der Waals surface area contributed by atoms with E-state index in [4.69, 9.17) is 0 Å². The number of hydrogen-bond acceptors (Lipinski definition) is 1. The molecular weight excluding hydrogens is 193 g/mol. The van der Waals surface area contributed by atoms with Crippen molar-refractivity contribution in [2.24, 2.45) is 0 Å². The molecule has 0 atom stereocenters. The lowest BCUT2D eigenvalue weighted by Crippen LogP contribution is -2.25. The van der Waals surface area contributed by atoms with E-state index in [1.165, 1.54) is 12.1 Å². The van der Waals surface area contributed by atoms with Gasteiger partial charge in [0.25, 0.3) is 5.91 Å². The largest absolute Gasteiger partial charge is 0.352 e. The molecule has 0 fully saturated rings. The number of carbonyl (C=O) groups is 1. The van der Waals surface area contributed by atoms with Gasteiger partial charge in [-0.3, -0.25) is 4.79 Å². The van der Waals surface area contributed by atoms with Crippen LogP contribution in [0.3, 0.4) is 0 Å². The Balaban J connectivity index is 2.44. The fraction of sp³-hybridized carbons (Fsp3) is 0.333. The van der Waals surface area contributed by atoms with E-state index in [9.17, 15) is 9.18 Å². The van der Waals surface area contributed by atoms with E-state index in [0.29, 0.717) is 6.54 Å². The molecule has 3 heteroatoms. The van der Waals surface area contributed by atoms with Crippen LogP contribution in [0.2, 0.25) is 0 Å². The molecule has 1 aromatic carbocycles. The third-order valence-electron chi connectivity index (χ3n) is 2.08. The van der Waals surface area contributed by atoms with Gasteiger partial charge in [-0.25, -0.2) is 4.39 Å². The quantitative estimate of drug-likeness (QED) is 0.740. The van der Waals surface area contributed by atoms with Crippen LogP contribution in [0.25, 0.3) is 0 Å². The average Bonchev–Trinajstić information content (AvgIpc) is 2.25. The van der Waals surface area contributed by atoms with Gasteiger partial charge in [-0.15, -0.1) is 0 Å². The molecule has 1 N–H and O–H groups in total. The van der Waals surface area contributed by atoms with E-state index in [2.05, 4.69) is 12.2 Å². The van der Waals surface area contributed by atoms with E-state index < -0.39 is 5.82 Å². The van der Waals surface area contributed by atoms with Gasteiger partial charge in [0.15, 0.2) is 0 Å². The SMILES string of the molecule is [CH2]CCCCNC(=O)c1ccccc1F. The fourth-order valence-corrected chi connectivity index (χ4v) is 1.24. The van der Waals surface area contributed by atoms with E-state index in [0.717, 1.165) is 19.3 Å². The summed E-state index contributed by atoms with van der Waals surface area (Å²) in [5, 5.41) is 2.67. The number of benzene rings is 1. The molecule has 0 aliphatic heterocycles. The molecule has 2 nitrogen and oxygen atoms in total. The van der Waals surface area contributed by atoms with Crippen LogP contribution in [0.15, 0.2) is 24.3 Å². The summed E-state index contributed by atoms with van der Waals surface area (Å²) in [5.74, 6) is -0.829. The molecule has 1 radical (unpaired) electrons. The molecule has 0 aromatic heterocycles. The molecule has 0 bridgehead atoms. The Kier molecular flexibility index (Phi) is 4.81. The minimum atomic E-state index is -0.479. The molecule has 0 spiro atoms. The second-order valence-electron chi connectivity index (χ2n) is 3.30. The monoisotopic (exact) mass is 208 g/mol. The van der Waals surface area contributed by atoms with Gasteiger partial charge in [0.05, 0.1) is 5.56 Å². The van der Waals surface area contributed by atoms with Crippen LogP contribution in [-0.4, -0.2) is 12.5 Å². The number of rotatable bonds is 5. The average molecular weight is 208 g/mol. The topological polar surface area (TPSA) is 29.1 Å². The molecule has 81 valence electrons. The fourth-order valence-electron chi connectivity index (χ4n) is 1.24. The summed E-state index contributed by atoms with van der Waals surface area (Å²) in [5.41, 5.74) is 0.104.